The summed E-state index contributed by atoms with van der Waals surface area (Å²) in [5.41, 5.74) is -0.200. The van der Waals surface area contributed by atoms with Gasteiger partial charge in [-0.3, -0.25) is 0 Å². The average Bonchev–Trinajstić information content (AvgIpc) is 2.39. The lowest BCUT2D eigenvalue weighted by Crippen LogP contribution is -2.40. The zero-order valence-electron chi connectivity index (χ0n) is 12.4. The summed E-state index contributed by atoms with van der Waals surface area (Å²) in [5, 5.41) is 0. The average molecular weight is 279 g/mol. The molecule has 0 aliphatic heterocycles. The van der Waals surface area contributed by atoms with Gasteiger partial charge in [0.25, 0.3) is 0 Å². The van der Waals surface area contributed by atoms with Crippen molar-refractivity contribution < 1.29 is 19.0 Å². The smallest absolute Gasteiger partial charge is 0.349 e. The van der Waals surface area contributed by atoms with Gasteiger partial charge in [-0.15, -0.1) is 0 Å². The maximum atomic E-state index is 11.8. The van der Waals surface area contributed by atoms with Crippen molar-refractivity contribution in [2.45, 2.75) is 33.3 Å². The lowest BCUT2D eigenvalue weighted by Gasteiger charge is -2.23. The Morgan fingerprint density at radius 2 is 2.10 bits per heavy atom. The molecule has 0 saturated heterocycles. The number of ether oxygens (including phenoxy) is 3. The van der Waals surface area contributed by atoms with Crippen LogP contribution in [0.1, 0.15) is 33.3 Å². The number of nitrogens with zero attached hydrogens (tertiary/aromatic N) is 1. The van der Waals surface area contributed by atoms with E-state index in [0.29, 0.717) is 19.1 Å². The lowest BCUT2D eigenvalue weighted by atomic mass is 10.1. The molecule has 1 aromatic heterocycles. The van der Waals surface area contributed by atoms with E-state index in [1.54, 1.807) is 45.4 Å². The van der Waals surface area contributed by atoms with Gasteiger partial charge in [-0.05, 0) is 45.4 Å². The Labute approximate surface area is 119 Å². The van der Waals surface area contributed by atoms with Gasteiger partial charge in [-0.1, -0.05) is 0 Å². The monoisotopic (exact) mass is 279 g/mol. The third-order valence-electron chi connectivity index (χ3n) is 2.41. The molecule has 110 valence electrons. The maximum Gasteiger partial charge on any atom is 0.349 e. The molecule has 1 aromatic rings. The Morgan fingerprint density at radius 1 is 1.35 bits per heavy atom. The highest BCUT2D eigenvalue weighted by molar-refractivity contribution is 5.79. The highest BCUT2D eigenvalue weighted by Gasteiger charge is 2.32. The molecular formula is C15H21NO4. The first kappa shape index (κ1) is 16.0. The Bertz CT molecular complexity index is 469. The zero-order valence-corrected chi connectivity index (χ0v) is 12.4. The molecule has 0 atom stereocenters. The minimum atomic E-state index is -1.08. The van der Waals surface area contributed by atoms with E-state index in [-0.39, 0.29) is 0 Å². The molecule has 0 bridgehead atoms. The maximum absolute atomic E-state index is 11.8. The molecule has 5 nitrogen and oxygen atoms in total. The van der Waals surface area contributed by atoms with Crippen LogP contribution in [0.5, 0.6) is 5.88 Å². The highest BCUT2D eigenvalue weighted by Crippen LogP contribution is 2.19. The van der Waals surface area contributed by atoms with Gasteiger partial charge in [0.2, 0.25) is 11.5 Å². The molecule has 1 rings (SSSR count). The number of hydrogen-bond acceptors (Lipinski definition) is 5. The number of carbonyl (C=O) groups is 1. The van der Waals surface area contributed by atoms with E-state index < -0.39 is 11.6 Å². The van der Waals surface area contributed by atoms with Crippen molar-refractivity contribution in [3.63, 3.8) is 0 Å². The van der Waals surface area contributed by atoms with Crippen LogP contribution < -0.4 is 4.74 Å². The van der Waals surface area contributed by atoms with Gasteiger partial charge in [-0.25, -0.2) is 9.78 Å². The molecule has 1 heterocycles. The Hall–Kier alpha value is -2.04. The fourth-order valence-corrected chi connectivity index (χ4v) is 1.42. The number of rotatable bonds is 7. The lowest BCUT2D eigenvalue weighted by molar-refractivity contribution is -0.158. The predicted molar refractivity (Wildman–Crippen MR) is 76.2 cm³/mol. The summed E-state index contributed by atoms with van der Waals surface area (Å²) < 4.78 is 15.7. The summed E-state index contributed by atoms with van der Waals surface area (Å²) in [5.74, 6) is -0.0567. The summed E-state index contributed by atoms with van der Waals surface area (Å²) in [6.07, 6.45) is 5.02. The summed E-state index contributed by atoms with van der Waals surface area (Å²) >= 11 is 0. The van der Waals surface area contributed by atoms with Crippen LogP contribution in [-0.2, 0) is 14.3 Å². The van der Waals surface area contributed by atoms with Crippen molar-refractivity contribution in [1.29, 1.82) is 0 Å². The molecule has 0 aliphatic carbocycles. The van der Waals surface area contributed by atoms with Crippen LogP contribution in [0.25, 0.3) is 6.08 Å². The first-order chi connectivity index (χ1) is 9.49. The molecule has 0 spiro atoms. The second kappa shape index (κ2) is 7.53. The van der Waals surface area contributed by atoms with Gasteiger partial charge < -0.3 is 14.2 Å². The summed E-state index contributed by atoms with van der Waals surface area (Å²) in [6, 6.07) is 3.55. The van der Waals surface area contributed by atoms with E-state index in [9.17, 15) is 4.79 Å². The molecule has 0 fully saturated rings. The summed E-state index contributed by atoms with van der Waals surface area (Å²) in [7, 11) is 0. The van der Waals surface area contributed by atoms with Gasteiger partial charge in [0.15, 0.2) is 0 Å². The quantitative estimate of drug-likeness (QED) is 0.567. The molecule has 20 heavy (non-hydrogen) atoms. The fraction of sp³-hybridized carbons (Fsp3) is 0.467. The van der Waals surface area contributed by atoms with Crippen LogP contribution in [0.15, 0.2) is 24.6 Å². The minimum Gasteiger partial charge on any atom is -0.501 e. The largest absolute Gasteiger partial charge is 0.501 e. The summed E-state index contributed by atoms with van der Waals surface area (Å²) in [4.78, 5) is 15.8. The second-order valence-electron chi connectivity index (χ2n) is 4.52. The Morgan fingerprint density at radius 3 is 2.75 bits per heavy atom. The summed E-state index contributed by atoms with van der Waals surface area (Å²) in [6.45, 7) is 7.89. The van der Waals surface area contributed by atoms with Crippen LogP contribution in [0, 0.1) is 0 Å². The van der Waals surface area contributed by atoms with Gasteiger partial charge in [0, 0.05) is 12.3 Å². The first-order valence-electron chi connectivity index (χ1n) is 6.60. The number of carbonyl (C=O) groups excluding carboxylic acids is 1. The molecule has 5 heteroatoms. The van der Waals surface area contributed by atoms with Crippen LogP contribution in [-0.4, -0.2) is 29.8 Å². The second-order valence-corrected chi connectivity index (χ2v) is 4.52. The van der Waals surface area contributed by atoms with Crippen LogP contribution in [0.3, 0.4) is 0 Å². The number of hydrogen-bond donors (Lipinski definition) is 0. The van der Waals surface area contributed by atoms with Crippen molar-refractivity contribution in [3.05, 3.63) is 30.2 Å². The Kier molecular flexibility index (Phi) is 6.03. The van der Waals surface area contributed by atoms with E-state index >= 15 is 0 Å². The standard InChI is InChI=1S/C15H21NO4/c1-5-18-10-8-12-7-9-16-13(11-12)20-15(3,4)14(17)19-6-2/h7-11H,5-6H2,1-4H3/b10-8+. The molecular weight excluding hydrogens is 258 g/mol. The van der Waals surface area contributed by atoms with Crippen LogP contribution in [0.4, 0.5) is 0 Å². The van der Waals surface area contributed by atoms with Gasteiger partial charge in [0.05, 0.1) is 19.5 Å². The van der Waals surface area contributed by atoms with Crippen molar-refractivity contribution in [1.82, 2.24) is 4.98 Å². The van der Waals surface area contributed by atoms with Crippen molar-refractivity contribution in [2.24, 2.45) is 0 Å². The third kappa shape index (κ3) is 4.91. The molecule has 0 aromatic carbocycles. The molecule has 0 N–H and O–H groups in total. The highest BCUT2D eigenvalue weighted by atomic mass is 16.6. The van der Waals surface area contributed by atoms with E-state index in [4.69, 9.17) is 14.2 Å². The van der Waals surface area contributed by atoms with Gasteiger partial charge in [-0.2, -0.15) is 0 Å². The third-order valence-corrected chi connectivity index (χ3v) is 2.41. The van der Waals surface area contributed by atoms with E-state index in [2.05, 4.69) is 4.98 Å². The SMILES string of the molecule is CCO/C=C/c1ccnc(OC(C)(C)C(=O)OCC)c1. The molecule has 0 amide bonds. The normalized spacial score (nSPS) is 11.4. The molecule has 0 radical (unpaired) electrons. The van der Waals surface area contributed by atoms with Crippen molar-refractivity contribution in [2.75, 3.05) is 13.2 Å². The molecule has 0 saturated carbocycles. The minimum absolute atomic E-state index is 0.316. The topological polar surface area (TPSA) is 57.7 Å². The van der Waals surface area contributed by atoms with E-state index in [1.165, 1.54) is 0 Å². The van der Waals surface area contributed by atoms with E-state index in [1.807, 2.05) is 13.0 Å². The molecule has 0 unspecified atom stereocenters. The van der Waals surface area contributed by atoms with Crippen LogP contribution in [0.2, 0.25) is 0 Å². The zero-order chi connectivity index (χ0) is 15.0. The van der Waals surface area contributed by atoms with Crippen molar-refractivity contribution >= 4 is 12.0 Å². The van der Waals surface area contributed by atoms with Crippen LogP contribution >= 0.6 is 0 Å². The Balaban J connectivity index is 2.77. The first-order valence-corrected chi connectivity index (χ1v) is 6.60. The predicted octanol–water partition coefficient (Wildman–Crippen LogP) is 2.81. The number of esters is 1. The van der Waals surface area contributed by atoms with Gasteiger partial charge in [0.1, 0.15) is 0 Å². The molecule has 0 aliphatic rings. The number of pyridine rings is 1. The van der Waals surface area contributed by atoms with Gasteiger partial charge >= 0.3 is 5.97 Å². The number of aromatic nitrogens is 1. The van der Waals surface area contributed by atoms with E-state index in [0.717, 1.165) is 5.56 Å². The fourth-order valence-electron chi connectivity index (χ4n) is 1.42. The van der Waals surface area contributed by atoms with Crippen molar-refractivity contribution in [3.8, 4) is 5.88 Å².